The second-order valence-electron chi connectivity index (χ2n) is 3.05. The first-order chi connectivity index (χ1) is 6.58. The number of hydrogen-bond acceptors (Lipinski definition) is 5. The lowest BCUT2D eigenvalue weighted by Crippen LogP contribution is -2.21. The number of hydrogen-bond donors (Lipinski definition) is 1. The van der Waals surface area contributed by atoms with E-state index >= 15 is 0 Å². The largest absolute Gasteiger partial charge is 0.447 e. The zero-order chi connectivity index (χ0) is 10.6. The lowest BCUT2D eigenvalue weighted by Gasteiger charge is -2.07. The molecule has 5 nitrogen and oxygen atoms in total. The van der Waals surface area contributed by atoms with Crippen LogP contribution >= 0.6 is 11.8 Å². The standard InChI is InChI=1S/C8H13NO4S/c1-5(10)14-7-2-6(12-4-7)3-13-8(9)11/h6-7H,2-4H2,1H3,(H2,9,11)/t6-,7-/m1/s1. The topological polar surface area (TPSA) is 78.6 Å². The predicted molar refractivity (Wildman–Crippen MR) is 52.0 cm³/mol. The molecule has 1 fully saturated rings. The highest BCUT2D eigenvalue weighted by molar-refractivity contribution is 8.14. The van der Waals surface area contributed by atoms with E-state index < -0.39 is 6.09 Å². The Morgan fingerprint density at radius 3 is 2.93 bits per heavy atom. The van der Waals surface area contributed by atoms with Gasteiger partial charge in [0.25, 0.3) is 0 Å². The van der Waals surface area contributed by atoms with Crippen molar-refractivity contribution in [3.8, 4) is 0 Å². The maximum atomic E-state index is 10.8. The van der Waals surface area contributed by atoms with E-state index in [0.717, 1.165) is 6.42 Å². The van der Waals surface area contributed by atoms with Crippen LogP contribution in [0.1, 0.15) is 13.3 Å². The van der Waals surface area contributed by atoms with Crippen LogP contribution in [0.25, 0.3) is 0 Å². The Kier molecular flexibility index (Phi) is 4.21. The molecule has 1 heterocycles. The van der Waals surface area contributed by atoms with E-state index in [4.69, 9.17) is 10.5 Å². The molecule has 0 aliphatic carbocycles. The molecule has 0 aromatic heterocycles. The maximum Gasteiger partial charge on any atom is 0.404 e. The molecule has 1 aliphatic heterocycles. The Hall–Kier alpha value is -0.750. The summed E-state index contributed by atoms with van der Waals surface area (Å²) in [5.41, 5.74) is 4.81. The number of thioether (sulfide) groups is 1. The zero-order valence-corrected chi connectivity index (χ0v) is 8.71. The molecule has 2 N–H and O–H groups in total. The smallest absolute Gasteiger partial charge is 0.404 e. The van der Waals surface area contributed by atoms with Crippen molar-refractivity contribution in [3.05, 3.63) is 0 Å². The SMILES string of the molecule is CC(=O)S[C@H]1CO[C@@H](COC(N)=O)C1. The maximum absolute atomic E-state index is 10.8. The van der Waals surface area contributed by atoms with Gasteiger partial charge in [0.05, 0.1) is 12.7 Å². The van der Waals surface area contributed by atoms with Gasteiger partial charge in [0.1, 0.15) is 6.61 Å². The molecule has 0 aromatic carbocycles. The molecule has 1 aliphatic rings. The normalized spacial score (nSPS) is 26.1. The molecule has 6 heteroatoms. The lowest BCUT2D eigenvalue weighted by molar-refractivity contribution is -0.109. The molecule has 14 heavy (non-hydrogen) atoms. The summed E-state index contributed by atoms with van der Waals surface area (Å²) in [6.45, 7) is 2.22. The Morgan fingerprint density at radius 2 is 2.36 bits per heavy atom. The summed E-state index contributed by atoms with van der Waals surface area (Å²) in [7, 11) is 0. The number of amides is 1. The summed E-state index contributed by atoms with van der Waals surface area (Å²) >= 11 is 1.26. The summed E-state index contributed by atoms with van der Waals surface area (Å²) in [6, 6.07) is 0. The molecular weight excluding hydrogens is 206 g/mol. The van der Waals surface area contributed by atoms with Crippen molar-refractivity contribution in [1.82, 2.24) is 0 Å². The van der Waals surface area contributed by atoms with Crippen LogP contribution in [0.4, 0.5) is 4.79 Å². The van der Waals surface area contributed by atoms with E-state index in [2.05, 4.69) is 4.74 Å². The molecule has 80 valence electrons. The van der Waals surface area contributed by atoms with Crippen molar-refractivity contribution in [3.63, 3.8) is 0 Å². The van der Waals surface area contributed by atoms with E-state index in [-0.39, 0.29) is 23.1 Å². The summed E-state index contributed by atoms with van der Waals surface area (Å²) in [4.78, 5) is 21.1. The third kappa shape index (κ3) is 3.97. The van der Waals surface area contributed by atoms with E-state index in [1.807, 2.05) is 0 Å². The van der Waals surface area contributed by atoms with E-state index in [1.165, 1.54) is 18.7 Å². The zero-order valence-electron chi connectivity index (χ0n) is 7.89. The summed E-state index contributed by atoms with van der Waals surface area (Å²) < 4.78 is 9.91. The Morgan fingerprint density at radius 1 is 1.64 bits per heavy atom. The number of carbonyl (C=O) groups excluding carboxylic acids is 2. The minimum Gasteiger partial charge on any atom is -0.447 e. The summed E-state index contributed by atoms with van der Waals surface area (Å²) in [6.07, 6.45) is -0.201. The van der Waals surface area contributed by atoms with Gasteiger partial charge in [-0.15, -0.1) is 0 Å². The van der Waals surface area contributed by atoms with Gasteiger partial charge in [-0.3, -0.25) is 4.79 Å². The van der Waals surface area contributed by atoms with E-state index in [0.29, 0.717) is 6.61 Å². The van der Waals surface area contributed by atoms with Gasteiger partial charge in [0, 0.05) is 12.2 Å². The molecule has 0 saturated carbocycles. The Balaban J connectivity index is 2.20. The minimum absolute atomic E-state index is 0.0788. The molecular formula is C8H13NO4S. The van der Waals surface area contributed by atoms with Crippen LogP contribution in [0.15, 0.2) is 0 Å². The second-order valence-corrected chi connectivity index (χ2v) is 4.53. The first kappa shape index (κ1) is 11.3. The van der Waals surface area contributed by atoms with Crippen LogP contribution in [-0.4, -0.2) is 35.8 Å². The fraction of sp³-hybridized carbons (Fsp3) is 0.750. The average molecular weight is 219 g/mol. The van der Waals surface area contributed by atoms with Gasteiger partial charge in [0.15, 0.2) is 5.12 Å². The summed E-state index contributed by atoms with van der Waals surface area (Å²) in [5.74, 6) is 0. The quantitative estimate of drug-likeness (QED) is 0.748. The highest BCUT2D eigenvalue weighted by Gasteiger charge is 2.27. The van der Waals surface area contributed by atoms with Crippen LogP contribution < -0.4 is 5.73 Å². The van der Waals surface area contributed by atoms with Gasteiger partial charge in [-0.25, -0.2) is 4.79 Å². The Labute approximate surface area is 86.3 Å². The van der Waals surface area contributed by atoms with E-state index in [1.54, 1.807) is 0 Å². The van der Waals surface area contributed by atoms with Gasteiger partial charge in [-0.2, -0.15) is 0 Å². The van der Waals surface area contributed by atoms with Gasteiger partial charge in [-0.05, 0) is 6.42 Å². The summed E-state index contributed by atoms with van der Waals surface area (Å²) in [5, 5.41) is 0.254. The highest BCUT2D eigenvalue weighted by Crippen LogP contribution is 2.25. The molecule has 1 saturated heterocycles. The molecule has 1 amide bonds. The number of primary amides is 1. The first-order valence-corrected chi connectivity index (χ1v) is 5.17. The van der Waals surface area contributed by atoms with Gasteiger partial charge in [-0.1, -0.05) is 11.8 Å². The predicted octanol–water partition coefficient (Wildman–Crippen LogP) is 0.519. The van der Waals surface area contributed by atoms with Gasteiger partial charge < -0.3 is 15.2 Å². The molecule has 0 radical (unpaired) electrons. The lowest BCUT2D eigenvalue weighted by atomic mass is 10.2. The van der Waals surface area contributed by atoms with Crippen LogP contribution in [0, 0.1) is 0 Å². The van der Waals surface area contributed by atoms with Crippen molar-refractivity contribution >= 4 is 23.0 Å². The van der Waals surface area contributed by atoms with Crippen LogP contribution in [-0.2, 0) is 14.3 Å². The molecule has 0 aromatic rings. The fourth-order valence-corrected chi connectivity index (χ4v) is 2.21. The molecule has 0 spiro atoms. The number of carbonyl (C=O) groups is 2. The number of ether oxygens (including phenoxy) is 2. The number of nitrogens with two attached hydrogens (primary N) is 1. The van der Waals surface area contributed by atoms with Crippen LogP contribution in [0.3, 0.4) is 0 Å². The van der Waals surface area contributed by atoms with Gasteiger partial charge in [0.2, 0.25) is 0 Å². The van der Waals surface area contributed by atoms with Crippen LogP contribution in [0.2, 0.25) is 0 Å². The Bertz CT molecular complexity index is 233. The first-order valence-electron chi connectivity index (χ1n) is 4.29. The van der Waals surface area contributed by atoms with Crippen molar-refractivity contribution in [2.75, 3.05) is 13.2 Å². The van der Waals surface area contributed by atoms with Gasteiger partial charge >= 0.3 is 6.09 Å². The van der Waals surface area contributed by atoms with Crippen molar-refractivity contribution < 1.29 is 19.1 Å². The average Bonchev–Trinajstić information content (AvgIpc) is 2.47. The second kappa shape index (κ2) is 5.21. The minimum atomic E-state index is -0.795. The third-order valence-electron chi connectivity index (χ3n) is 1.79. The fourth-order valence-electron chi connectivity index (χ4n) is 1.28. The molecule has 0 unspecified atom stereocenters. The molecule has 2 atom stereocenters. The van der Waals surface area contributed by atoms with Crippen molar-refractivity contribution in [2.45, 2.75) is 24.7 Å². The van der Waals surface area contributed by atoms with Crippen LogP contribution in [0.5, 0.6) is 0 Å². The monoisotopic (exact) mass is 219 g/mol. The number of rotatable bonds is 3. The van der Waals surface area contributed by atoms with Crippen molar-refractivity contribution in [2.24, 2.45) is 5.73 Å². The highest BCUT2D eigenvalue weighted by atomic mass is 32.2. The van der Waals surface area contributed by atoms with Crippen molar-refractivity contribution in [1.29, 1.82) is 0 Å². The van der Waals surface area contributed by atoms with E-state index in [9.17, 15) is 9.59 Å². The molecule has 1 rings (SSSR count). The third-order valence-corrected chi connectivity index (χ3v) is 2.78. The molecule has 0 bridgehead atoms.